The molecule has 3 rings (SSSR count). The number of ether oxygens (including phenoxy) is 1. The van der Waals surface area contributed by atoms with E-state index in [-0.39, 0.29) is 12.0 Å². The molecule has 1 fully saturated rings. The molecule has 0 saturated carbocycles. The fourth-order valence-corrected chi connectivity index (χ4v) is 3.16. The smallest absolute Gasteiger partial charge is 0.227 e. The van der Waals surface area contributed by atoms with Gasteiger partial charge in [0, 0.05) is 36.2 Å². The van der Waals surface area contributed by atoms with Crippen molar-refractivity contribution in [3.63, 3.8) is 0 Å². The van der Waals surface area contributed by atoms with Crippen molar-refractivity contribution in [3.05, 3.63) is 40.5 Å². The Morgan fingerprint density at radius 3 is 2.88 bits per heavy atom. The average molecular weight is 343 g/mol. The summed E-state index contributed by atoms with van der Waals surface area (Å²) in [6, 6.07) is 3.97. The fraction of sp³-hybridized carbons (Fsp3) is 0.500. The summed E-state index contributed by atoms with van der Waals surface area (Å²) in [7, 11) is 1.88. The number of nitrogens with zero attached hydrogens (tertiary/aromatic N) is 3. The molecule has 2 N–H and O–H groups in total. The predicted octanol–water partition coefficient (Wildman–Crippen LogP) is 1.91. The van der Waals surface area contributed by atoms with Gasteiger partial charge in [-0.3, -0.25) is 14.9 Å². The molecular weight excluding hydrogens is 318 g/mol. The Kier molecular flexibility index (Phi) is 5.03. The van der Waals surface area contributed by atoms with Crippen LogP contribution in [0.1, 0.15) is 34.4 Å². The first-order chi connectivity index (χ1) is 12.0. The molecule has 3 heterocycles. The lowest BCUT2D eigenvalue weighted by atomic mass is 10.1. The Labute approximate surface area is 147 Å². The molecule has 1 atom stereocenters. The summed E-state index contributed by atoms with van der Waals surface area (Å²) in [6.07, 6.45) is 0.167. The maximum atomic E-state index is 12.7. The summed E-state index contributed by atoms with van der Waals surface area (Å²) in [5.41, 5.74) is 5.61. The summed E-state index contributed by atoms with van der Waals surface area (Å²) < 4.78 is 5.88. The Hall–Kier alpha value is -2.41. The van der Waals surface area contributed by atoms with Gasteiger partial charge in [-0.25, -0.2) is 0 Å². The number of hydrogen-bond acceptors (Lipinski definition) is 5. The second-order valence-corrected chi connectivity index (χ2v) is 6.46. The van der Waals surface area contributed by atoms with Gasteiger partial charge in [-0.1, -0.05) is 0 Å². The van der Waals surface area contributed by atoms with E-state index >= 15 is 0 Å². The first-order valence-corrected chi connectivity index (χ1v) is 8.54. The lowest BCUT2D eigenvalue weighted by Gasteiger charge is -2.33. The molecule has 1 amide bonds. The summed E-state index contributed by atoms with van der Waals surface area (Å²) in [4.78, 5) is 19.2. The molecule has 0 spiro atoms. The van der Waals surface area contributed by atoms with Crippen molar-refractivity contribution in [2.24, 2.45) is 0 Å². The monoisotopic (exact) mass is 343 g/mol. The zero-order chi connectivity index (χ0) is 18.0. The number of aryl methyl sites for hydroxylation is 3. The maximum absolute atomic E-state index is 12.7. The fourth-order valence-electron chi connectivity index (χ4n) is 3.16. The molecule has 2 aromatic rings. The standard InChI is InChI=1S/C18H25N5O2/c1-11-7-14(19-4)8-16(20-11)17-10-23(5-6-25-17)18(24)9-15-12(2)21-22-13(15)3/h7-8,17H,5-6,9-10H2,1-4H3,(H,19,20)(H,21,22)/t17-/m1/s1. The van der Waals surface area contributed by atoms with Crippen molar-refractivity contribution in [2.45, 2.75) is 33.3 Å². The van der Waals surface area contributed by atoms with Crippen LogP contribution in [-0.4, -0.2) is 52.7 Å². The number of morpholine rings is 1. The normalized spacial score (nSPS) is 17.6. The minimum atomic E-state index is -0.198. The van der Waals surface area contributed by atoms with Crippen molar-refractivity contribution in [1.82, 2.24) is 20.1 Å². The Morgan fingerprint density at radius 1 is 1.40 bits per heavy atom. The van der Waals surface area contributed by atoms with E-state index in [0.717, 1.165) is 34.0 Å². The molecule has 0 bridgehead atoms. The summed E-state index contributed by atoms with van der Waals surface area (Å²) >= 11 is 0. The molecule has 25 heavy (non-hydrogen) atoms. The number of carbonyl (C=O) groups excluding carboxylic acids is 1. The van der Waals surface area contributed by atoms with E-state index in [1.807, 2.05) is 44.9 Å². The van der Waals surface area contributed by atoms with E-state index in [2.05, 4.69) is 20.5 Å². The molecule has 1 aliphatic heterocycles. The summed E-state index contributed by atoms with van der Waals surface area (Å²) in [5.74, 6) is 0.0994. The van der Waals surface area contributed by atoms with Gasteiger partial charge in [0.2, 0.25) is 5.91 Å². The van der Waals surface area contributed by atoms with Crippen LogP contribution in [0.25, 0.3) is 0 Å². The quantitative estimate of drug-likeness (QED) is 0.886. The second-order valence-electron chi connectivity index (χ2n) is 6.46. The van der Waals surface area contributed by atoms with E-state index in [0.29, 0.717) is 26.1 Å². The highest BCUT2D eigenvalue weighted by molar-refractivity contribution is 5.79. The van der Waals surface area contributed by atoms with Crippen LogP contribution in [0.3, 0.4) is 0 Å². The van der Waals surface area contributed by atoms with Crippen LogP contribution < -0.4 is 5.32 Å². The Morgan fingerprint density at radius 2 is 2.20 bits per heavy atom. The van der Waals surface area contributed by atoms with Crippen LogP contribution in [0.5, 0.6) is 0 Å². The summed E-state index contributed by atoms with van der Waals surface area (Å²) in [6.45, 7) is 7.47. The molecule has 1 aliphatic rings. The molecule has 7 nitrogen and oxygen atoms in total. The van der Waals surface area contributed by atoms with Gasteiger partial charge in [0.15, 0.2) is 0 Å². The highest BCUT2D eigenvalue weighted by atomic mass is 16.5. The molecule has 0 unspecified atom stereocenters. The van der Waals surface area contributed by atoms with Crippen LogP contribution >= 0.6 is 0 Å². The number of H-pyrrole nitrogens is 1. The van der Waals surface area contributed by atoms with Crippen molar-refractivity contribution in [1.29, 1.82) is 0 Å². The number of aromatic nitrogens is 3. The van der Waals surface area contributed by atoms with Crippen LogP contribution in [0.2, 0.25) is 0 Å². The molecule has 2 aromatic heterocycles. The van der Waals surface area contributed by atoms with Crippen molar-refractivity contribution in [2.75, 3.05) is 32.1 Å². The van der Waals surface area contributed by atoms with Crippen LogP contribution in [-0.2, 0) is 16.0 Å². The average Bonchev–Trinajstić information content (AvgIpc) is 2.93. The lowest BCUT2D eigenvalue weighted by molar-refractivity contribution is -0.138. The highest BCUT2D eigenvalue weighted by Crippen LogP contribution is 2.24. The number of amides is 1. The largest absolute Gasteiger partial charge is 0.388 e. The number of carbonyl (C=O) groups is 1. The number of hydrogen-bond donors (Lipinski definition) is 2. The number of aromatic amines is 1. The zero-order valence-electron chi connectivity index (χ0n) is 15.2. The highest BCUT2D eigenvalue weighted by Gasteiger charge is 2.27. The van der Waals surface area contributed by atoms with Gasteiger partial charge in [-0.05, 0) is 32.9 Å². The molecule has 0 aromatic carbocycles. The van der Waals surface area contributed by atoms with Gasteiger partial charge in [0.1, 0.15) is 6.10 Å². The SMILES string of the molecule is CNc1cc(C)nc([C@H]2CN(C(=O)Cc3c(C)n[nH]c3C)CCO2)c1. The molecule has 1 saturated heterocycles. The van der Waals surface area contributed by atoms with E-state index in [1.54, 1.807) is 0 Å². The van der Waals surface area contributed by atoms with Crippen LogP contribution in [0.4, 0.5) is 5.69 Å². The molecule has 134 valence electrons. The van der Waals surface area contributed by atoms with E-state index in [9.17, 15) is 4.79 Å². The first-order valence-electron chi connectivity index (χ1n) is 8.54. The van der Waals surface area contributed by atoms with Gasteiger partial charge >= 0.3 is 0 Å². The van der Waals surface area contributed by atoms with E-state index in [1.165, 1.54) is 0 Å². The van der Waals surface area contributed by atoms with Crippen molar-refractivity contribution < 1.29 is 9.53 Å². The summed E-state index contributed by atoms with van der Waals surface area (Å²) in [5, 5.41) is 10.2. The minimum absolute atomic E-state index is 0.0994. The van der Waals surface area contributed by atoms with Crippen LogP contribution in [0, 0.1) is 20.8 Å². The van der Waals surface area contributed by atoms with Gasteiger partial charge < -0.3 is 15.0 Å². The van der Waals surface area contributed by atoms with Crippen LogP contribution in [0.15, 0.2) is 12.1 Å². The molecule has 0 radical (unpaired) electrons. The molecular formula is C18H25N5O2. The molecule has 7 heteroatoms. The third-order valence-corrected chi connectivity index (χ3v) is 4.62. The molecule has 0 aliphatic carbocycles. The second kappa shape index (κ2) is 7.23. The third kappa shape index (κ3) is 3.82. The number of pyridine rings is 1. The first kappa shape index (κ1) is 17.4. The minimum Gasteiger partial charge on any atom is -0.388 e. The number of nitrogens with one attached hydrogen (secondary N) is 2. The van der Waals surface area contributed by atoms with Crippen molar-refractivity contribution >= 4 is 11.6 Å². The number of anilines is 1. The van der Waals surface area contributed by atoms with E-state index < -0.39 is 0 Å². The Balaban J connectivity index is 1.72. The zero-order valence-corrected chi connectivity index (χ0v) is 15.2. The van der Waals surface area contributed by atoms with Gasteiger partial charge in [0.25, 0.3) is 0 Å². The lowest BCUT2D eigenvalue weighted by Crippen LogP contribution is -2.43. The predicted molar refractivity (Wildman–Crippen MR) is 95.6 cm³/mol. The number of rotatable bonds is 4. The van der Waals surface area contributed by atoms with E-state index in [4.69, 9.17) is 4.74 Å². The topological polar surface area (TPSA) is 83.1 Å². The Bertz CT molecular complexity index is 751. The third-order valence-electron chi connectivity index (χ3n) is 4.62. The van der Waals surface area contributed by atoms with Gasteiger partial charge in [-0.2, -0.15) is 5.10 Å². The van der Waals surface area contributed by atoms with Gasteiger partial charge in [0.05, 0.1) is 31.0 Å². The maximum Gasteiger partial charge on any atom is 0.227 e. The van der Waals surface area contributed by atoms with Gasteiger partial charge in [-0.15, -0.1) is 0 Å². The van der Waals surface area contributed by atoms with Crippen molar-refractivity contribution in [3.8, 4) is 0 Å².